The Morgan fingerprint density at radius 3 is 2.77 bits per heavy atom. The van der Waals surface area contributed by atoms with E-state index in [2.05, 4.69) is 29.6 Å². The number of nitriles is 1. The third-order valence-corrected chi connectivity index (χ3v) is 4.19. The van der Waals surface area contributed by atoms with E-state index in [1.54, 1.807) is 18.2 Å². The highest BCUT2D eigenvalue weighted by atomic mass is 16.1. The highest BCUT2D eigenvalue weighted by molar-refractivity contribution is 5.95. The van der Waals surface area contributed by atoms with Crippen LogP contribution in [-0.2, 0) is 19.4 Å². The highest BCUT2D eigenvalue weighted by Gasteiger charge is 2.11. The van der Waals surface area contributed by atoms with E-state index in [9.17, 15) is 10.1 Å². The number of ketones is 1. The van der Waals surface area contributed by atoms with E-state index in [-0.39, 0.29) is 5.78 Å². The van der Waals surface area contributed by atoms with Gasteiger partial charge in [0, 0.05) is 12.1 Å². The summed E-state index contributed by atoms with van der Waals surface area (Å²) >= 11 is 0. The summed E-state index contributed by atoms with van der Waals surface area (Å²) in [6, 6.07) is 13.9. The van der Waals surface area contributed by atoms with E-state index >= 15 is 0 Å². The number of carbonyl (C=O) groups excluding carboxylic acids is 1. The second-order valence-corrected chi connectivity index (χ2v) is 5.74. The molecule has 0 amide bonds. The largest absolute Gasteiger partial charge is 0.380 e. The van der Waals surface area contributed by atoms with Gasteiger partial charge in [0.25, 0.3) is 0 Å². The van der Waals surface area contributed by atoms with Gasteiger partial charge in [-0.2, -0.15) is 5.26 Å². The van der Waals surface area contributed by atoms with E-state index in [1.807, 2.05) is 0 Å². The average molecular weight is 290 g/mol. The van der Waals surface area contributed by atoms with Crippen LogP contribution in [-0.4, -0.2) is 5.78 Å². The number of aryl methyl sites for hydroxylation is 2. The molecular formula is C19H18N2O. The summed E-state index contributed by atoms with van der Waals surface area (Å²) in [4.78, 5) is 11.5. The molecule has 0 fully saturated rings. The Morgan fingerprint density at radius 1 is 1.18 bits per heavy atom. The first-order valence-corrected chi connectivity index (χ1v) is 7.57. The number of hydrogen-bond donors (Lipinski definition) is 1. The number of nitrogens with zero attached hydrogens (tertiary/aromatic N) is 1. The number of Topliss-reactive ketones (excluding diaryl/α,β-unsaturated/α-hetero) is 1. The van der Waals surface area contributed by atoms with E-state index in [0.717, 1.165) is 12.1 Å². The van der Waals surface area contributed by atoms with Gasteiger partial charge in [-0.3, -0.25) is 4.79 Å². The molecule has 0 bridgehead atoms. The molecule has 1 N–H and O–H groups in total. The van der Waals surface area contributed by atoms with Crippen LogP contribution in [0.2, 0.25) is 0 Å². The fourth-order valence-electron chi connectivity index (χ4n) is 2.94. The molecule has 0 spiro atoms. The van der Waals surface area contributed by atoms with Crippen molar-refractivity contribution in [2.24, 2.45) is 0 Å². The highest BCUT2D eigenvalue weighted by Crippen LogP contribution is 2.24. The van der Waals surface area contributed by atoms with Gasteiger partial charge in [0.05, 0.1) is 11.3 Å². The minimum absolute atomic E-state index is 0.00469. The first-order chi connectivity index (χ1) is 10.7. The summed E-state index contributed by atoms with van der Waals surface area (Å²) in [5.74, 6) is 0.00469. The maximum atomic E-state index is 11.5. The summed E-state index contributed by atoms with van der Waals surface area (Å²) in [6.45, 7) is 2.19. The Morgan fingerprint density at radius 2 is 2.00 bits per heavy atom. The van der Waals surface area contributed by atoms with Crippen LogP contribution in [0, 0.1) is 11.3 Å². The Kier molecular flexibility index (Phi) is 3.93. The molecule has 1 aliphatic carbocycles. The zero-order valence-electron chi connectivity index (χ0n) is 12.6. The van der Waals surface area contributed by atoms with Gasteiger partial charge >= 0.3 is 0 Å². The summed E-state index contributed by atoms with van der Waals surface area (Å²) in [6.07, 6.45) is 3.58. The van der Waals surface area contributed by atoms with Gasteiger partial charge in [-0.25, -0.2) is 0 Å². The van der Waals surface area contributed by atoms with Crippen molar-refractivity contribution in [3.63, 3.8) is 0 Å². The molecule has 0 atom stereocenters. The molecule has 3 nitrogen and oxygen atoms in total. The summed E-state index contributed by atoms with van der Waals surface area (Å²) in [5, 5.41) is 12.5. The minimum atomic E-state index is 0.00469. The SMILES string of the molecule is CC(=O)c1ccc(C#N)c(NCc2ccc3c(c2)CCC3)c1. The Labute approximate surface area is 130 Å². The lowest BCUT2D eigenvalue weighted by atomic mass is 10.0. The Bertz CT molecular complexity index is 771. The van der Waals surface area contributed by atoms with Gasteiger partial charge in [0.15, 0.2) is 5.78 Å². The van der Waals surface area contributed by atoms with E-state index in [1.165, 1.54) is 36.5 Å². The van der Waals surface area contributed by atoms with Crippen LogP contribution in [0.25, 0.3) is 0 Å². The van der Waals surface area contributed by atoms with Crippen molar-refractivity contribution in [3.05, 3.63) is 64.2 Å². The van der Waals surface area contributed by atoms with Crippen molar-refractivity contribution in [2.45, 2.75) is 32.7 Å². The van der Waals surface area contributed by atoms with Gasteiger partial charge in [0.2, 0.25) is 0 Å². The van der Waals surface area contributed by atoms with Crippen molar-refractivity contribution in [1.29, 1.82) is 5.26 Å². The number of rotatable bonds is 4. The summed E-state index contributed by atoms with van der Waals surface area (Å²) in [7, 11) is 0. The molecule has 2 aromatic rings. The molecule has 0 saturated carbocycles. The molecule has 3 heteroatoms. The smallest absolute Gasteiger partial charge is 0.159 e. The monoisotopic (exact) mass is 290 g/mol. The fourth-order valence-corrected chi connectivity index (χ4v) is 2.94. The molecule has 0 heterocycles. The van der Waals surface area contributed by atoms with Crippen molar-refractivity contribution in [2.75, 3.05) is 5.32 Å². The van der Waals surface area contributed by atoms with Gasteiger partial charge in [0.1, 0.15) is 6.07 Å². The van der Waals surface area contributed by atoms with Gasteiger partial charge in [-0.05, 0) is 61.1 Å². The molecule has 0 saturated heterocycles. The van der Waals surface area contributed by atoms with Crippen LogP contribution in [0.15, 0.2) is 36.4 Å². The lowest BCUT2D eigenvalue weighted by Crippen LogP contribution is -2.04. The molecule has 1 aliphatic rings. The normalized spacial score (nSPS) is 12.5. The molecule has 0 radical (unpaired) electrons. The molecule has 3 rings (SSSR count). The average Bonchev–Trinajstić information content (AvgIpc) is 3.00. The number of fused-ring (bicyclic) bond motifs is 1. The Balaban J connectivity index is 1.80. The van der Waals surface area contributed by atoms with Crippen LogP contribution in [0.3, 0.4) is 0 Å². The van der Waals surface area contributed by atoms with Crippen LogP contribution < -0.4 is 5.32 Å². The Hall–Kier alpha value is -2.60. The zero-order valence-corrected chi connectivity index (χ0v) is 12.6. The predicted octanol–water partition coefficient (Wildman–Crippen LogP) is 3.86. The van der Waals surface area contributed by atoms with Crippen LogP contribution in [0.1, 0.15) is 46.0 Å². The van der Waals surface area contributed by atoms with Crippen molar-refractivity contribution in [3.8, 4) is 6.07 Å². The van der Waals surface area contributed by atoms with E-state index < -0.39 is 0 Å². The van der Waals surface area contributed by atoms with Crippen molar-refractivity contribution in [1.82, 2.24) is 0 Å². The number of benzene rings is 2. The van der Waals surface area contributed by atoms with Crippen molar-refractivity contribution < 1.29 is 4.79 Å². The maximum Gasteiger partial charge on any atom is 0.159 e. The van der Waals surface area contributed by atoms with Crippen LogP contribution >= 0.6 is 0 Å². The summed E-state index contributed by atoms with van der Waals surface area (Å²) in [5.41, 5.74) is 6.01. The van der Waals surface area contributed by atoms with Crippen LogP contribution in [0.4, 0.5) is 5.69 Å². The second-order valence-electron chi connectivity index (χ2n) is 5.74. The van der Waals surface area contributed by atoms with E-state index in [0.29, 0.717) is 17.7 Å². The van der Waals surface area contributed by atoms with Gasteiger partial charge in [-0.1, -0.05) is 18.2 Å². The topological polar surface area (TPSA) is 52.9 Å². The van der Waals surface area contributed by atoms with E-state index in [4.69, 9.17) is 0 Å². The quantitative estimate of drug-likeness (QED) is 0.870. The standard InChI is InChI=1S/C19H18N2O/c1-13(22)16-7-8-18(11-20)19(10-16)21-12-14-5-6-15-3-2-4-17(15)9-14/h5-10,21H,2-4,12H2,1H3. The number of carbonyl (C=O) groups is 1. The summed E-state index contributed by atoms with van der Waals surface area (Å²) < 4.78 is 0. The molecule has 22 heavy (non-hydrogen) atoms. The van der Waals surface area contributed by atoms with Crippen molar-refractivity contribution >= 4 is 11.5 Å². The minimum Gasteiger partial charge on any atom is -0.380 e. The molecule has 0 aliphatic heterocycles. The second kappa shape index (κ2) is 6.03. The molecule has 0 aromatic heterocycles. The zero-order chi connectivity index (χ0) is 15.5. The number of nitrogens with one attached hydrogen (secondary N) is 1. The molecular weight excluding hydrogens is 272 g/mol. The third kappa shape index (κ3) is 2.87. The molecule has 110 valence electrons. The molecule has 2 aromatic carbocycles. The number of hydrogen-bond acceptors (Lipinski definition) is 3. The molecule has 0 unspecified atom stereocenters. The number of anilines is 1. The predicted molar refractivity (Wildman–Crippen MR) is 87.0 cm³/mol. The lowest BCUT2D eigenvalue weighted by molar-refractivity contribution is 0.101. The first-order valence-electron chi connectivity index (χ1n) is 7.57. The maximum absolute atomic E-state index is 11.5. The fraction of sp³-hybridized carbons (Fsp3) is 0.263. The lowest BCUT2D eigenvalue weighted by Gasteiger charge is -2.11. The van der Waals surface area contributed by atoms with Crippen LogP contribution in [0.5, 0.6) is 0 Å². The first kappa shape index (κ1) is 14.3. The van der Waals surface area contributed by atoms with Gasteiger partial charge in [-0.15, -0.1) is 0 Å². The third-order valence-electron chi connectivity index (χ3n) is 4.19. The van der Waals surface area contributed by atoms with Gasteiger partial charge < -0.3 is 5.32 Å².